The second-order valence-electron chi connectivity index (χ2n) is 9.61. The number of carbonyl (C=O) groups excluding carboxylic acids is 2. The summed E-state index contributed by atoms with van der Waals surface area (Å²) in [6.07, 6.45) is 3.48. The van der Waals surface area contributed by atoms with Crippen molar-refractivity contribution in [2.24, 2.45) is 0 Å². The summed E-state index contributed by atoms with van der Waals surface area (Å²) in [6, 6.07) is 24.6. The molecule has 3 unspecified atom stereocenters. The van der Waals surface area contributed by atoms with Crippen LogP contribution in [0.5, 0.6) is 0 Å². The van der Waals surface area contributed by atoms with Gasteiger partial charge in [0.25, 0.3) is 5.91 Å². The minimum Gasteiger partial charge on any atom is -0.382 e. The molecule has 1 aliphatic carbocycles. The minimum absolute atomic E-state index is 0.0681. The second-order valence-corrected chi connectivity index (χ2v) is 9.61. The molecule has 0 spiro atoms. The maximum absolute atomic E-state index is 13.7. The van der Waals surface area contributed by atoms with E-state index in [0.29, 0.717) is 17.8 Å². The van der Waals surface area contributed by atoms with Gasteiger partial charge in [-0.1, -0.05) is 48.5 Å². The van der Waals surface area contributed by atoms with E-state index in [4.69, 9.17) is 0 Å². The second kappa shape index (κ2) is 8.78. The summed E-state index contributed by atoms with van der Waals surface area (Å²) >= 11 is 0. The molecule has 36 heavy (non-hydrogen) atoms. The van der Waals surface area contributed by atoms with Crippen LogP contribution in [-0.2, 0) is 22.4 Å². The van der Waals surface area contributed by atoms with Crippen molar-refractivity contribution in [2.75, 3.05) is 11.4 Å². The number of amides is 1. The molecule has 0 bridgehead atoms. The Balaban J connectivity index is 1.53. The van der Waals surface area contributed by atoms with Crippen molar-refractivity contribution in [1.82, 2.24) is 4.90 Å². The van der Waals surface area contributed by atoms with Gasteiger partial charge < -0.3 is 14.9 Å². The zero-order chi connectivity index (χ0) is 24.8. The average molecular weight is 476 g/mol. The van der Waals surface area contributed by atoms with E-state index in [9.17, 15) is 20.0 Å². The van der Waals surface area contributed by atoms with E-state index in [-0.39, 0.29) is 17.9 Å². The molecule has 6 heteroatoms. The summed E-state index contributed by atoms with van der Waals surface area (Å²) in [5, 5.41) is 20.1. The van der Waals surface area contributed by atoms with Crippen molar-refractivity contribution < 1.29 is 14.7 Å². The van der Waals surface area contributed by atoms with Crippen molar-refractivity contribution in [3.8, 4) is 6.07 Å². The first-order valence-electron chi connectivity index (χ1n) is 12.2. The van der Waals surface area contributed by atoms with Crippen LogP contribution in [-0.4, -0.2) is 46.4 Å². The molecule has 0 radical (unpaired) electrons. The molecule has 2 aliphatic heterocycles. The number of nitriles is 1. The van der Waals surface area contributed by atoms with Crippen LogP contribution in [0.15, 0.2) is 85.1 Å². The van der Waals surface area contributed by atoms with Crippen molar-refractivity contribution in [2.45, 2.75) is 36.9 Å². The van der Waals surface area contributed by atoms with Gasteiger partial charge in [0, 0.05) is 24.4 Å². The Kier molecular flexibility index (Phi) is 5.43. The fraction of sp³-hybridized carbons (Fsp3) is 0.233. The molecule has 0 aromatic heterocycles. The predicted octanol–water partition coefficient (Wildman–Crippen LogP) is 3.33. The summed E-state index contributed by atoms with van der Waals surface area (Å²) in [7, 11) is 0. The Morgan fingerprint density at radius 2 is 1.47 bits per heavy atom. The van der Waals surface area contributed by atoms with Crippen LogP contribution in [0, 0.1) is 11.3 Å². The number of anilines is 1. The van der Waals surface area contributed by atoms with Gasteiger partial charge in [-0.3, -0.25) is 9.59 Å². The average Bonchev–Trinajstić information content (AvgIpc) is 3.08. The van der Waals surface area contributed by atoms with Crippen molar-refractivity contribution >= 4 is 17.4 Å². The van der Waals surface area contributed by atoms with E-state index in [2.05, 4.69) is 42.5 Å². The minimum atomic E-state index is -1.44. The molecular weight excluding hydrogens is 450 g/mol. The molecule has 3 atom stereocenters. The van der Waals surface area contributed by atoms with Gasteiger partial charge in [0.2, 0.25) is 0 Å². The zero-order valence-electron chi connectivity index (χ0n) is 19.6. The first-order chi connectivity index (χ1) is 17.6. The van der Waals surface area contributed by atoms with Gasteiger partial charge in [-0.25, -0.2) is 0 Å². The van der Waals surface area contributed by atoms with Crippen LogP contribution in [0.4, 0.5) is 5.69 Å². The Labute approximate surface area is 209 Å². The Morgan fingerprint density at radius 1 is 0.861 bits per heavy atom. The number of nitrogens with zero attached hydrogens (tertiary/aromatic N) is 3. The lowest BCUT2D eigenvalue weighted by atomic mass is 9.79. The molecule has 1 saturated heterocycles. The highest BCUT2D eigenvalue weighted by Crippen LogP contribution is 2.42. The van der Waals surface area contributed by atoms with Gasteiger partial charge in [-0.05, 0) is 65.4 Å². The number of ketones is 1. The number of aliphatic hydroxyl groups is 1. The first kappa shape index (κ1) is 22.3. The van der Waals surface area contributed by atoms with Gasteiger partial charge in [0.05, 0.1) is 17.7 Å². The van der Waals surface area contributed by atoms with E-state index >= 15 is 0 Å². The quantitative estimate of drug-likeness (QED) is 0.615. The SMILES string of the molecule is N#Cc1ccc(N2CC(C3c4ccccc4CCc4ccccc43)N3C=CC(=O)C(O)C3C2=O)cc1. The molecule has 1 N–H and O–H groups in total. The molecule has 6 rings (SSSR count). The fourth-order valence-corrected chi connectivity index (χ4v) is 5.99. The number of hydrogen-bond acceptors (Lipinski definition) is 5. The Hall–Kier alpha value is -4.21. The highest BCUT2D eigenvalue weighted by atomic mass is 16.3. The monoisotopic (exact) mass is 475 g/mol. The lowest BCUT2D eigenvalue weighted by Gasteiger charge is -2.50. The lowest BCUT2D eigenvalue weighted by Crippen LogP contribution is -2.67. The van der Waals surface area contributed by atoms with Crippen LogP contribution in [0.25, 0.3) is 0 Å². The highest BCUT2D eigenvalue weighted by Gasteiger charge is 2.50. The smallest absolute Gasteiger partial charge is 0.252 e. The number of rotatable bonds is 2. The maximum atomic E-state index is 13.7. The van der Waals surface area contributed by atoms with E-state index in [0.717, 1.165) is 12.8 Å². The summed E-state index contributed by atoms with van der Waals surface area (Å²) < 4.78 is 0. The van der Waals surface area contributed by atoms with Crippen LogP contribution in [0.1, 0.15) is 33.7 Å². The topological polar surface area (TPSA) is 84.6 Å². The third-order valence-corrected chi connectivity index (χ3v) is 7.73. The van der Waals surface area contributed by atoms with E-state index < -0.39 is 17.9 Å². The molecule has 1 fully saturated rings. The fourth-order valence-electron chi connectivity index (χ4n) is 5.99. The molecule has 3 aromatic carbocycles. The first-order valence-corrected chi connectivity index (χ1v) is 12.2. The van der Waals surface area contributed by atoms with Crippen LogP contribution >= 0.6 is 0 Å². The van der Waals surface area contributed by atoms with E-state index in [1.54, 1.807) is 35.4 Å². The number of hydrogen-bond donors (Lipinski definition) is 1. The Morgan fingerprint density at radius 3 is 2.08 bits per heavy atom. The maximum Gasteiger partial charge on any atom is 0.252 e. The molecule has 178 valence electrons. The zero-order valence-corrected chi connectivity index (χ0v) is 19.6. The van der Waals surface area contributed by atoms with E-state index in [1.165, 1.54) is 28.3 Å². The molecule has 0 saturated carbocycles. The lowest BCUT2D eigenvalue weighted by molar-refractivity contribution is -0.140. The molecule has 2 heterocycles. The third-order valence-electron chi connectivity index (χ3n) is 7.73. The number of carbonyl (C=O) groups is 2. The number of fused-ring (bicyclic) bond motifs is 3. The van der Waals surface area contributed by atoms with Gasteiger partial charge in [0.1, 0.15) is 12.1 Å². The summed E-state index contributed by atoms with van der Waals surface area (Å²) in [5.41, 5.74) is 6.11. The summed E-state index contributed by atoms with van der Waals surface area (Å²) in [5.74, 6) is -0.857. The largest absolute Gasteiger partial charge is 0.382 e. The number of piperazine rings is 1. The summed E-state index contributed by atoms with van der Waals surface area (Å²) in [4.78, 5) is 29.8. The van der Waals surface area contributed by atoms with Crippen molar-refractivity contribution in [3.05, 3.63) is 113 Å². The normalized spacial score (nSPS) is 23.4. The number of aryl methyl sites for hydroxylation is 2. The highest BCUT2D eigenvalue weighted by molar-refractivity contribution is 6.05. The van der Waals surface area contributed by atoms with Gasteiger partial charge in [0.15, 0.2) is 5.78 Å². The van der Waals surface area contributed by atoms with Crippen molar-refractivity contribution in [1.29, 1.82) is 5.26 Å². The molecule has 1 amide bonds. The van der Waals surface area contributed by atoms with Crippen molar-refractivity contribution in [3.63, 3.8) is 0 Å². The summed E-state index contributed by atoms with van der Waals surface area (Å²) in [6.45, 7) is 0.375. The molecular formula is C30H25N3O3. The Bertz CT molecular complexity index is 1370. The predicted molar refractivity (Wildman–Crippen MR) is 135 cm³/mol. The van der Waals surface area contributed by atoms with Gasteiger partial charge in [-0.15, -0.1) is 0 Å². The molecule has 3 aliphatic rings. The number of aliphatic hydroxyl groups excluding tert-OH is 1. The third kappa shape index (κ3) is 3.52. The van der Waals surface area contributed by atoms with E-state index in [1.807, 2.05) is 17.0 Å². The van der Waals surface area contributed by atoms with Gasteiger partial charge in [-0.2, -0.15) is 5.26 Å². The molecule has 3 aromatic rings. The van der Waals surface area contributed by atoms with Crippen LogP contribution in [0.3, 0.4) is 0 Å². The van der Waals surface area contributed by atoms with Gasteiger partial charge >= 0.3 is 0 Å². The van der Waals surface area contributed by atoms with Crippen LogP contribution in [0.2, 0.25) is 0 Å². The van der Waals surface area contributed by atoms with Crippen LogP contribution < -0.4 is 4.90 Å². The number of benzene rings is 3. The standard InChI is InChI=1S/C30H25N3O3/c31-17-19-9-13-22(14-10-19)33-18-25(32-16-15-26(34)29(35)28(32)30(33)36)27-23-7-3-1-5-20(23)11-12-21-6-2-4-8-24(21)27/h1-10,13-16,25,27-29,35H,11-12,18H2. The molecule has 6 nitrogen and oxygen atoms in total.